The Morgan fingerprint density at radius 1 is 0.968 bits per heavy atom. The minimum atomic E-state index is -0.384. The van der Waals surface area contributed by atoms with E-state index >= 15 is 4.39 Å². The Morgan fingerprint density at radius 2 is 1.77 bits per heavy atom. The average Bonchev–Trinajstić information content (AvgIpc) is 2.80. The van der Waals surface area contributed by atoms with Gasteiger partial charge in [0.1, 0.15) is 5.82 Å². The Morgan fingerprint density at radius 3 is 2.58 bits per heavy atom. The molecule has 0 amide bonds. The Bertz CT molecular complexity index is 905. The van der Waals surface area contributed by atoms with E-state index in [9.17, 15) is 4.79 Å². The highest BCUT2D eigenvalue weighted by molar-refractivity contribution is 5.95. The number of hydrogen-bond donors (Lipinski definition) is 0. The second kappa shape index (κ2) is 10.1. The van der Waals surface area contributed by atoms with Gasteiger partial charge in [0.15, 0.2) is 0 Å². The fourth-order valence-corrected chi connectivity index (χ4v) is 6.24. The maximum atomic E-state index is 15.1. The average molecular weight is 425 g/mol. The lowest BCUT2D eigenvalue weighted by molar-refractivity contribution is 0.0601. The zero-order chi connectivity index (χ0) is 21.8. The number of fused-ring (bicyclic) bond motifs is 2. The Kier molecular flexibility index (Phi) is 7.30. The topological polar surface area (TPSA) is 26.3 Å². The van der Waals surface area contributed by atoms with Gasteiger partial charge in [-0.2, -0.15) is 0 Å². The van der Waals surface area contributed by atoms with Crippen molar-refractivity contribution in [1.82, 2.24) is 0 Å². The van der Waals surface area contributed by atoms with Crippen LogP contribution in [0.15, 0.2) is 30.3 Å². The van der Waals surface area contributed by atoms with E-state index in [1.165, 1.54) is 64.9 Å². The monoisotopic (exact) mass is 424 g/mol. The summed E-state index contributed by atoms with van der Waals surface area (Å²) in [6, 6.07) is 9.05. The molecule has 3 heteroatoms. The lowest BCUT2D eigenvalue weighted by Gasteiger charge is -2.42. The number of ether oxygens (including phenoxy) is 1. The molecule has 2 aromatic rings. The normalized spacial score (nSPS) is 25.9. The van der Waals surface area contributed by atoms with Crippen molar-refractivity contribution >= 4 is 16.7 Å². The summed E-state index contributed by atoms with van der Waals surface area (Å²) in [4.78, 5) is 11.8. The zero-order valence-electron chi connectivity index (χ0n) is 19.2. The predicted octanol–water partition coefficient (Wildman–Crippen LogP) is 8.04. The number of rotatable bonds is 7. The minimum absolute atomic E-state index is 0.123. The van der Waals surface area contributed by atoms with Crippen LogP contribution in [-0.2, 0) is 4.74 Å². The summed E-state index contributed by atoms with van der Waals surface area (Å²) in [5.41, 5.74) is 1.34. The summed E-state index contributed by atoms with van der Waals surface area (Å²) in [5.74, 6) is 2.37. The number of methoxy groups -OCH3 is 1. The lowest BCUT2D eigenvalue weighted by atomic mass is 9.63. The molecule has 31 heavy (non-hydrogen) atoms. The van der Waals surface area contributed by atoms with Crippen LogP contribution in [0.3, 0.4) is 0 Å². The maximum Gasteiger partial charge on any atom is 0.337 e. The van der Waals surface area contributed by atoms with Gasteiger partial charge in [-0.25, -0.2) is 9.18 Å². The molecule has 2 aliphatic rings. The second-order valence-electron chi connectivity index (χ2n) is 9.99. The molecule has 4 atom stereocenters. The third-order valence-corrected chi connectivity index (χ3v) is 8.00. The standard InChI is InChI=1S/C28H37FO2/c1-3-4-5-6-7-19-8-9-21-15-23(12-10-20(21)14-19)26-17-22-11-13-24(28(30)31-2)16-25(22)18-27(26)29/h11,13,16-21,23H,3-10,12,14-15H2,1-2H3/t19?,20-,21+,23?/m0/s1. The van der Waals surface area contributed by atoms with Crippen LogP contribution in [0.5, 0.6) is 0 Å². The molecule has 2 saturated carbocycles. The van der Waals surface area contributed by atoms with Crippen LogP contribution < -0.4 is 0 Å². The van der Waals surface area contributed by atoms with E-state index in [4.69, 9.17) is 4.74 Å². The molecular weight excluding hydrogens is 387 g/mol. The molecule has 2 unspecified atom stereocenters. The van der Waals surface area contributed by atoms with Crippen molar-refractivity contribution in [3.63, 3.8) is 0 Å². The van der Waals surface area contributed by atoms with E-state index in [1.54, 1.807) is 18.2 Å². The third-order valence-electron chi connectivity index (χ3n) is 8.00. The van der Waals surface area contributed by atoms with E-state index < -0.39 is 0 Å². The van der Waals surface area contributed by atoms with Crippen LogP contribution >= 0.6 is 0 Å². The molecule has 0 N–H and O–H groups in total. The van der Waals surface area contributed by atoms with E-state index in [2.05, 4.69) is 6.92 Å². The molecule has 2 aromatic carbocycles. The van der Waals surface area contributed by atoms with Crippen LogP contribution in [0.25, 0.3) is 10.8 Å². The zero-order valence-corrected chi connectivity index (χ0v) is 19.2. The molecule has 0 saturated heterocycles. The highest BCUT2D eigenvalue weighted by Crippen LogP contribution is 2.49. The summed E-state index contributed by atoms with van der Waals surface area (Å²) < 4.78 is 19.9. The largest absolute Gasteiger partial charge is 0.465 e. The van der Waals surface area contributed by atoms with E-state index in [1.807, 2.05) is 12.1 Å². The molecule has 4 rings (SSSR count). The first-order chi connectivity index (χ1) is 15.1. The van der Waals surface area contributed by atoms with E-state index in [0.717, 1.165) is 46.9 Å². The van der Waals surface area contributed by atoms with Crippen LogP contribution in [0.4, 0.5) is 4.39 Å². The summed E-state index contributed by atoms with van der Waals surface area (Å²) in [6.07, 6.45) is 14.5. The Balaban J connectivity index is 1.41. The molecule has 0 spiro atoms. The van der Waals surface area contributed by atoms with Crippen molar-refractivity contribution in [3.8, 4) is 0 Å². The fraction of sp³-hybridized carbons (Fsp3) is 0.607. The SMILES string of the molecule is CCCCCCC1CC[C@@H]2CC(c3cc4ccc(C(=O)OC)cc4cc3F)CC[C@H]2C1. The van der Waals surface area contributed by atoms with Gasteiger partial charge in [0.2, 0.25) is 0 Å². The smallest absolute Gasteiger partial charge is 0.337 e. The van der Waals surface area contributed by atoms with Gasteiger partial charge in [-0.1, -0.05) is 51.5 Å². The molecule has 0 aliphatic heterocycles. The molecule has 0 aromatic heterocycles. The quantitative estimate of drug-likeness (QED) is 0.332. The fourth-order valence-electron chi connectivity index (χ4n) is 6.24. The molecule has 2 nitrogen and oxygen atoms in total. The lowest BCUT2D eigenvalue weighted by Crippen LogP contribution is -2.30. The molecule has 2 aliphatic carbocycles. The number of hydrogen-bond acceptors (Lipinski definition) is 2. The molecule has 0 bridgehead atoms. The second-order valence-corrected chi connectivity index (χ2v) is 9.99. The summed E-state index contributed by atoms with van der Waals surface area (Å²) in [5, 5.41) is 1.77. The third kappa shape index (κ3) is 5.13. The van der Waals surface area contributed by atoms with Gasteiger partial charge in [-0.05, 0) is 96.4 Å². The van der Waals surface area contributed by atoms with Crippen molar-refractivity contribution < 1.29 is 13.9 Å². The summed E-state index contributed by atoms with van der Waals surface area (Å²) >= 11 is 0. The van der Waals surface area contributed by atoms with Gasteiger partial charge >= 0.3 is 5.97 Å². The number of carbonyl (C=O) groups is 1. The molecular formula is C28H37FO2. The summed E-state index contributed by atoms with van der Waals surface area (Å²) in [7, 11) is 1.37. The number of halogens is 1. The maximum absolute atomic E-state index is 15.1. The highest BCUT2D eigenvalue weighted by atomic mass is 19.1. The molecule has 0 heterocycles. The van der Waals surface area contributed by atoms with Gasteiger partial charge in [0.05, 0.1) is 12.7 Å². The number of benzene rings is 2. The minimum Gasteiger partial charge on any atom is -0.465 e. The number of esters is 1. The first kappa shape index (κ1) is 22.3. The van der Waals surface area contributed by atoms with E-state index in [0.29, 0.717) is 11.5 Å². The Hall–Kier alpha value is -1.90. The van der Waals surface area contributed by atoms with Crippen molar-refractivity contribution in [2.75, 3.05) is 7.11 Å². The van der Waals surface area contributed by atoms with Crippen molar-refractivity contribution in [2.45, 2.75) is 83.5 Å². The first-order valence-electron chi connectivity index (χ1n) is 12.4. The number of unbranched alkanes of at least 4 members (excludes halogenated alkanes) is 3. The Labute approximate surface area is 186 Å². The van der Waals surface area contributed by atoms with Crippen LogP contribution in [0.2, 0.25) is 0 Å². The van der Waals surface area contributed by atoms with Crippen molar-refractivity contribution in [2.24, 2.45) is 17.8 Å². The van der Waals surface area contributed by atoms with Gasteiger partial charge in [-0.15, -0.1) is 0 Å². The molecule has 2 fully saturated rings. The van der Waals surface area contributed by atoms with Gasteiger partial charge < -0.3 is 4.74 Å². The first-order valence-corrected chi connectivity index (χ1v) is 12.4. The predicted molar refractivity (Wildman–Crippen MR) is 125 cm³/mol. The van der Waals surface area contributed by atoms with Crippen LogP contribution in [0, 0.1) is 23.6 Å². The van der Waals surface area contributed by atoms with Crippen LogP contribution in [0.1, 0.15) is 99.4 Å². The van der Waals surface area contributed by atoms with Gasteiger partial charge in [-0.3, -0.25) is 0 Å². The van der Waals surface area contributed by atoms with E-state index in [-0.39, 0.29) is 11.8 Å². The van der Waals surface area contributed by atoms with Gasteiger partial charge in [0, 0.05) is 0 Å². The van der Waals surface area contributed by atoms with Gasteiger partial charge in [0.25, 0.3) is 0 Å². The molecule has 168 valence electrons. The van der Waals surface area contributed by atoms with Crippen molar-refractivity contribution in [1.29, 1.82) is 0 Å². The number of carbonyl (C=O) groups excluding carboxylic acids is 1. The highest BCUT2D eigenvalue weighted by Gasteiger charge is 2.36. The molecule has 0 radical (unpaired) electrons. The van der Waals surface area contributed by atoms with Crippen LogP contribution in [-0.4, -0.2) is 13.1 Å². The van der Waals surface area contributed by atoms with Crippen molar-refractivity contribution in [3.05, 3.63) is 47.3 Å². The summed E-state index contributed by atoms with van der Waals surface area (Å²) in [6.45, 7) is 2.28.